The summed E-state index contributed by atoms with van der Waals surface area (Å²) in [6, 6.07) is 16.2. The molecule has 7 nitrogen and oxygen atoms in total. The van der Waals surface area contributed by atoms with Crippen LogP contribution in [-0.4, -0.2) is 31.9 Å². The number of ether oxygens (including phenoxy) is 1. The zero-order valence-electron chi connectivity index (χ0n) is 21.4. The highest BCUT2D eigenvalue weighted by Crippen LogP contribution is 2.29. The molecule has 0 saturated heterocycles. The quantitative estimate of drug-likeness (QED) is 0.301. The van der Waals surface area contributed by atoms with Gasteiger partial charge in [-0.15, -0.1) is 0 Å². The third kappa shape index (κ3) is 5.56. The van der Waals surface area contributed by atoms with E-state index in [4.69, 9.17) is 4.74 Å². The fraction of sp³-hybridized carbons (Fsp3) is 0.233. The molecule has 7 heteroatoms. The van der Waals surface area contributed by atoms with Crippen molar-refractivity contribution in [3.8, 4) is 17.0 Å². The molecule has 190 valence electrons. The first-order chi connectivity index (χ1) is 17.7. The fourth-order valence-electron chi connectivity index (χ4n) is 4.64. The number of rotatable bonds is 9. The number of nitrogens with zero attached hydrogens (tertiary/aromatic N) is 2. The SMILES string of the molecule is CCc1cccc(Cc2ccc(C(=O)O)cc2C(=O)O)c1COc1ccc(-c2nn(C)cc2C)cc1C. The molecule has 1 heterocycles. The number of aryl methyl sites for hydroxylation is 4. The summed E-state index contributed by atoms with van der Waals surface area (Å²) >= 11 is 0. The van der Waals surface area contributed by atoms with Crippen molar-refractivity contribution in [3.05, 3.63) is 105 Å². The molecule has 0 aliphatic heterocycles. The molecular formula is C30H30N2O5. The highest BCUT2D eigenvalue weighted by atomic mass is 16.5. The minimum absolute atomic E-state index is 0.00934. The monoisotopic (exact) mass is 498 g/mol. The van der Waals surface area contributed by atoms with Gasteiger partial charge in [0.15, 0.2) is 0 Å². The van der Waals surface area contributed by atoms with E-state index in [-0.39, 0.29) is 11.1 Å². The smallest absolute Gasteiger partial charge is 0.336 e. The van der Waals surface area contributed by atoms with E-state index in [0.29, 0.717) is 18.6 Å². The Morgan fingerprint density at radius 1 is 0.919 bits per heavy atom. The topological polar surface area (TPSA) is 102 Å². The van der Waals surface area contributed by atoms with Gasteiger partial charge < -0.3 is 14.9 Å². The van der Waals surface area contributed by atoms with Crippen LogP contribution in [0.4, 0.5) is 0 Å². The van der Waals surface area contributed by atoms with Crippen molar-refractivity contribution in [2.45, 2.75) is 40.2 Å². The van der Waals surface area contributed by atoms with Crippen LogP contribution in [0.25, 0.3) is 11.3 Å². The molecule has 37 heavy (non-hydrogen) atoms. The van der Waals surface area contributed by atoms with Crippen molar-refractivity contribution < 1.29 is 24.5 Å². The molecule has 4 aromatic rings. The van der Waals surface area contributed by atoms with Crippen molar-refractivity contribution >= 4 is 11.9 Å². The van der Waals surface area contributed by atoms with Crippen LogP contribution in [0.1, 0.15) is 61.0 Å². The Labute approximate surface area is 216 Å². The van der Waals surface area contributed by atoms with Crippen molar-refractivity contribution in [2.75, 3.05) is 0 Å². The summed E-state index contributed by atoms with van der Waals surface area (Å²) in [5, 5.41) is 23.5. The lowest BCUT2D eigenvalue weighted by molar-refractivity contribution is 0.0695. The lowest BCUT2D eigenvalue weighted by Gasteiger charge is -2.17. The largest absolute Gasteiger partial charge is 0.489 e. The Morgan fingerprint density at radius 3 is 2.30 bits per heavy atom. The van der Waals surface area contributed by atoms with Gasteiger partial charge in [0, 0.05) is 18.8 Å². The van der Waals surface area contributed by atoms with Crippen LogP contribution in [0.3, 0.4) is 0 Å². The maximum atomic E-state index is 11.9. The van der Waals surface area contributed by atoms with Gasteiger partial charge in [-0.1, -0.05) is 31.2 Å². The summed E-state index contributed by atoms with van der Waals surface area (Å²) in [7, 11) is 1.91. The molecule has 0 aliphatic rings. The number of benzene rings is 3. The van der Waals surface area contributed by atoms with Gasteiger partial charge in [-0.3, -0.25) is 4.68 Å². The maximum Gasteiger partial charge on any atom is 0.336 e. The molecule has 0 unspecified atom stereocenters. The second-order valence-electron chi connectivity index (χ2n) is 9.17. The average molecular weight is 499 g/mol. The lowest BCUT2D eigenvalue weighted by atomic mass is 9.92. The first kappa shape index (κ1) is 25.7. The van der Waals surface area contributed by atoms with Gasteiger partial charge >= 0.3 is 11.9 Å². The van der Waals surface area contributed by atoms with Crippen LogP contribution in [0.5, 0.6) is 5.75 Å². The van der Waals surface area contributed by atoms with E-state index in [1.165, 1.54) is 12.1 Å². The lowest BCUT2D eigenvalue weighted by Crippen LogP contribution is -2.09. The highest BCUT2D eigenvalue weighted by Gasteiger charge is 2.17. The fourth-order valence-corrected chi connectivity index (χ4v) is 4.64. The average Bonchev–Trinajstić information content (AvgIpc) is 3.21. The molecular weight excluding hydrogens is 468 g/mol. The van der Waals surface area contributed by atoms with Crippen LogP contribution in [-0.2, 0) is 26.5 Å². The minimum atomic E-state index is -1.16. The summed E-state index contributed by atoms with van der Waals surface area (Å²) in [6.45, 7) is 6.45. The molecule has 0 radical (unpaired) electrons. The van der Waals surface area contributed by atoms with Crippen LogP contribution >= 0.6 is 0 Å². The molecule has 2 N–H and O–H groups in total. The maximum absolute atomic E-state index is 11.9. The zero-order chi connectivity index (χ0) is 26.7. The van der Waals surface area contributed by atoms with E-state index >= 15 is 0 Å². The van der Waals surface area contributed by atoms with Gasteiger partial charge in [-0.25, -0.2) is 9.59 Å². The first-order valence-electron chi connectivity index (χ1n) is 12.1. The number of carboxylic acid groups (broad SMARTS) is 2. The molecule has 0 fully saturated rings. The summed E-state index contributed by atoms with van der Waals surface area (Å²) < 4.78 is 8.08. The van der Waals surface area contributed by atoms with Gasteiger partial charge in [-0.05, 0) is 90.4 Å². The molecule has 0 atom stereocenters. The Bertz CT molecular complexity index is 1490. The Hall–Kier alpha value is -4.39. The minimum Gasteiger partial charge on any atom is -0.489 e. The number of hydrogen-bond donors (Lipinski definition) is 2. The number of hydrogen-bond acceptors (Lipinski definition) is 4. The number of carboxylic acids is 2. The van der Waals surface area contributed by atoms with Crippen LogP contribution in [0, 0.1) is 13.8 Å². The Balaban J connectivity index is 1.62. The highest BCUT2D eigenvalue weighted by molar-refractivity contribution is 5.95. The van der Waals surface area contributed by atoms with Gasteiger partial charge in [0.2, 0.25) is 0 Å². The van der Waals surface area contributed by atoms with E-state index in [0.717, 1.165) is 51.2 Å². The van der Waals surface area contributed by atoms with E-state index in [9.17, 15) is 19.8 Å². The Kier molecular flexibility index (Phi) is 7.43. The molecule has 3 aromatic carbocycles. The molecule has 0 aliphatic carbocycles. The first-order valence-corrected chi connectivity index (χ1v) is 12.1. The third-order valence-corrected chi connectivity index (χ3v) is 6.55. The van der Waals surface area contributed by atoms with Gasteiger partial charge in [0.25, 0.3) is 0 Å². The molecule has 4 rings (SSSR count). The number of aromatic carboxylic acids is 2. The molecule has 0 saturated carbocycles. The van der Waals surface area contributed by atoms with Crippen LogP contribution in [0.15, 0.2) is 60.8 Å². The second kappa shape index (κ2) is 10.7. The van der Waals surface area contributed by atoms with Crippen molar-refractivity contribution in [2.24, 2.45) is 7.05 Å². The summed E-state index contributed by atoms with van der Waals surface area (Å²) in [4.78, 5) is 23.2. The van der Waals surface area contributed by atoms with E-state index in [1.807, 2.05) is 57.4 Å². The normalized spacial score (nSPS) is 10.9. The van der Waals surface area contributed by atoms with Crippen molar-refractivity contribution in [3.63, 3.8) is 0 Å². The molecule has 0 bridgehead atoms. The summed E-state index contributed by atoms with van der Waals surface area (Å²) in [6.07, 6.45) is 3.14. The number of carbonyl (C=O) groups is 2. The van der Waals surface area contributed by atoms with Crippen molar-refractivity contribution in [1.29, 1.82) is 0 Å². The molecule has 0 amide bonds. The van der Waals surface area contributed by atoms with Crippen LogP contribution < -0.4 is 4.74 Å². The number of aromatic nitrogens is 2. The standard InChI is InChI=1S/C30H30N2O5/c1-5-20-7-6-8-21(14-22-9-10-24(29(33)34)15-25(22)30(35)36)26(20)17-37-27-12-11-23(13-18(27)2)28-19(3)16-32(4)31-28/h6-13,15-16H,5,14,17H2,1-4H3,(H,33,34)(H,35,36). The predicted octanol–water partition coefficient (Wildman–Crippen LogP) is 5.83. The summed E-state index contributed by atoms with van der Waals surface area (Å²) in [5.74, 6) is -1.54. The summed E-state index contributed by atoms with van der Waals surface area (Å²) in [5.41, 5.74) is 7.65. The predicted molar refractivity (Wildman–Crippen MR) is 141 cm³/mol. The van der Waals surface area contributed by atoms with Gasteiger partial charge in [0.05, 0.1) is 16.8 Å². The van der Waals surface area contributed by atoms with E-state index in [2.05, 4.69) is 18.1 Å². The van der Waals surface area contributed by atoms with Crippen LogP contribution in [0.2, 0.25) is 0 Å². The Morgan fingerprint density at radius 2 is 1.68 bits per heavy atom. The molecule has 1 aromatic heterocycles. The van der Waals surface area contributed by atoms with Crippen molar-refractivity contribution in [1.82, 2.24) is 9.78 Å². The van der Waals surface area contributed by atoms with E-state index in [1.54, 1.807) is 10.7 Å². The van der Waals surface area contributed by atoms with Gasteiger partial charge in [-0.2, -0.15) is 5.10 Å². The second-order valence-corrected chi connectivity index (χ2v) is 9.17. The van der Waals surface area contributed by atoms with Gasteiger partial charge in [0.1, 0.15) is 12.4 Å². The van der Waals surface area contributed by atoms with E-state index < -0.39 is 11.9 Å². The third-order valence-electron chi connectivity index (χ3n) is 6.55. The zero-order valence-corrected chi connectivity index (χ0v) is 21.4. The molecule has 0 spiro atoms.